The van der Waals surface area contributed by atoms with Crippen molar-refractivity contribution in [1.82, 2.24) is 19.7 Å². The van der Waals surface area contributed by atoms with E-state index in [1.807, 2.05) is 41.0 Å². The van der Waals surface area contributed by atoms with Crippen molar-refractivity contribution in [2.45, 2.75) is 5.16 Å². The smallest absolute Gasteiger partial charge is 0.196 e. The number of pyridine rings is 1. The quantitative estimate of drug-likeness (QED) is 0.301. The monoisotopic (exact) mass is 436 g/mol. The van der Waals surface area contributed by atoms with Crippen molar-refractivity contribution in [3.8, 4) is 22.8 Å². The van der Waals surface area contributed by atoms with Gasteiger partial charge in [-0.1, -0.05) is 35.5 Å². The van der Waals surface area contributed by atoms with Gasteiger partial charge in [0.05, 0.1) is 17.9 Å². The van der Waals surface area contributed by atoms with Crippen LogP contribution in [0.2, 0.25) is 5.02 Å². The zero-order valence-electron chi connectivity index (χ0n) is 16.0. The molecule has 0 unspecified atom stereocenters. The Morgan fingerprint density at radius 2 is 1.77 bits per heavy atom. The predicted molar refractivity (Wildman–Crippen MR) is 118 cm³/mol. The lowest BCUT2D eigenvalue weighted by atomic mass is 10.1. The number of hydrogen-bond donors (Lipinski definition) is 0. The van der Waals surface area contributed by atoms with Crippen LogP contribution in [0.1, 0.15) is 10.4 Å². The van der Waals surface area contributed by atoms with Crippen molar-refractivity contribution in [3.05, 3.63) is 83.6 Å². The minimum atomic E-state index is -0.0691. The average Bonchev–Trinajstić information content (AvgIpc) is 3.22. The molecular weight excluding hydrogens is 420 g/mol. The van der Waals surface area contributed by atoms with Gasteiger partial charge in [-0.2, -0.15) is 0 Å². The summed E-state index contributed by atoms with van der Waals surface area (Å²) in [4.78, 5) is 16.7. The minimum absolute atomic E-state index is 0.0691. The molecule has 0 spiro atoms. The van der Waals surface area contributed by atoms with Gasteiger partial charge in [0.1, 0.15) is 5.75 Å². The summed E-state index contributed by atoms with van der Waals surface area (Å²) in [5.74, 6) is 1.53. The van der Waals surface area contributed by atoms with Crippen molar-refractivity contribution in [3.63, 3.8) is 0 Å². The maximum Gasteiger partial charge on any atom is 0.196 e. The molecule has 0 fully saturated rings. The van der Waals surface area contributed by atoms with Gasteiger partial charge in [0.15, 0.2) is 16.8 Å². The molecule has 0 aliphatic heterocycles. The number of rotatable bonds is 7. The first-order chi connectivity index (χ1) is 14.7. The Hall–Kier alpha value is -3.16. The maximum atomic E-state index is 12.7. The Balaban J connectivity index is 1.68. The molecule has 4 aromatic rings. The molecule has 0 radical (unpaired) electrons. The molecule has 2 heterocycles. The summed E-state index contributed by atoms with van der Waals surface area (Å²) in [6.07, 6.45) is 3.41. The second kappa shape index (κ2) is 9.11. The zero-order valence-corrected chi connectivity index (χ0v) is 17.6. The third kappa shape index (κ3) is 4.22. The normalized spacial score (nSPS) is 10.7. The number of nitrogens with zero attached hydrogens (tertiary/aromatic N) is 4. The summed E-state index contributed by atoms with van der Waals surface area (Å²) in [5.41, 5.74) is 2.23. The fourth-order valence-corrected chi connectivity index (χ4v) is 3.99. The lowest BCUT2D eigenvalue weighted by Crippen LogP contribution is -2.05. The second-order valence-corrected chi connectivity index (χ2v) is 7.62. The van der Waals surface area contributed by atoms with Crippen molar-refractivity contribution >= 4 is 29.1 Å². The number of carbonyl (C=O) groups excluding carboxylic acids is 1. The molecule has 8 heteroatoms. The largest absolute Gasteiger partial charge is 0.497 e. The van der Waals surface area contributed by atoms with Crippen LogP contribution >= 0.6 is 23.4 Å². The van der Waals surface area contributed by atoms with Crippen molar-refractivity contribution < 1.29 is 9.53 Å². The van der Waals surface area contributed by atoms with Gasteiger partial charge in [-0.25, -0.2) is 0 Å². The van der Waals surface area contributed by atoms with Crippen LogP contribution in [-0.4, -0.2) is 38.4 Å². The molecular formula is C22H17ClN4O2S. The third-order valence-electron chi connectivity index (χ3n) is 4.41. The SMILES string of the molecule is COc1ccc(-n2c(SCC(=O)c3ccccc3Cl)nnc2-c2ccncc2)cc1. The van der Waals surface area contributed by atoms with E-state index in [-0.39, 0.29) is 11.5 Å². The van der Waals surface area contributed by atoms with Gasteiger partial charge < -0.3 is 4.74 Å². The number of aromatic nitrogens is 4. The van der Waals surface area contributed by atoms with E-state index in [0.717, 1.165) is 17.0 Å². The van der Waals surface area contributed by atoms with Gasteiger partial charge in [-0.15, -0.1) is 10.2 Å². The standard InChI is InChI=1S/C22H17ClN4O2S/c1-29-17-8-6-16(7-9-17)27-21(15-10-12-24-13-11-15)25-26-22(27)30-14-20(28)18-4-2-3-5-19(18)23/h2-13H,14H2,1H3. The Kier molecular flexibility index (Phi) is 6.11. The molecule has 0 atom stereocenters. The summed E-state index contributed by atoms with van der Waals surface area (Å²) >= 11 is 7.47. The highest BCUT2D eigenvalue weighted by molar-refractivity contribution is 7.99. The summed E-state index contributed by atoms with van der Waals surface area (Å²) in [7, 11) is 1.62. The van der Waals surface area contributed by atoms with Gasteiger partial charge in [0, 0.05) is 29.2 Å². The predicted octanol–water partition coefficient (Wildman–Crippen LogP) is 4.97. The first-order valence-electron chi connectivity index (χ1n) is 9.08. The molecule has 0 N–H and O–H groups in total. The Bertz CT molecular complexity index is 1160. The second-order valence-electron chi connectivity index (χ2n) is 6.27. The van der Waals surface area contributed by atoms with Crippen LogP contribution in [-0.2, 0) is 0 Å². The molecule has 150 valence electrons. The van der Waals surface area contributed by atoms with Crippen LogP contribution in [0.3, 0.4) is 0 Å². The van der Waals surface area contributed by atoms with E-state index in [0.29, 0.717) is 21.6 Å². The molecule has 0 amide bonds. The Morgan fingerprint density at radius 3 is 2.47 bits per heavy atom. The molecule has 0 saturated heterocycles. The number of methoxy groups -OCH3 is 1. The van der Waals surface area contributed by atoms with Crippen LogP contribution < -0.4 is 4.74 Å². The van der Waals surface area contributed by atoms with Crippen molar-refractivity contribution in [2.75, 3.05) is 12.9 Å². The van der Waals surface area contributed by atoms with Crippen LogP contribution in [0.15, 0.2) is 78.2 Å². The Morgan fingerprint density at radius 1 is 1.03 bits per heavy atom. The number of Topliss-reactive ketones (excluding diaryl/α,β-unsaturated/α-hetero) is 1. The zero-order chi connectivity index (χ0) is 20.9. The van der Waals surface area contributed by atoms with Gasteiger partial charge in [-0.05, 0) is 48.5 Å². The van der Waals surface area contributed by atoms with E-state index in [1.165, 1.54) is 11.8 Å². The molecule has 0 saturated carbocycles. The highest BCUT2D eigenvalue weighted by Crippen LogP contribution is 2.29. The molecule has 0 aliphatic rings. The van der Waals surface area contributed by atoms with E-state index < -0.39 is 0 Å². The molecule has 30 heavy (non-hydrogen) atoms. The number of halogens is 1. The topological polar surface area (TPSA) is 69.9 Å². The van der Waals surface area contributed by atoms with Crippen molar-refractivity contribution in [2.24, 2.45) is 0 Å². The van der Waals surface area contributed by atoms with E-state index in [2.05, 4.69) is 15.2 Å². The van der Waals surface area contributed by atoms with Crippen LogP contribution in [0.25, 0.3) is 17.1 Å². The molecule has 0 bridgehead atoms. The third-order valence-corrected chi connectivity index (χ3v) is 5.67. The van der Waals surface area contributed by atoms with E-state index in [9.17, 15) is 4.79 Å². The lowest BCUT2D eigenvalue weighted by Gasteiger charge is -2.11. The number of thioether (sulfide) groups is 1. The first-order valence-corrected chi connectivity index (χ1v) is 10.4. The van der Waals surface area contributed by atoms with Crippen LogP contribution in [0, 0.1) is 0 Å². The molecule has 0 aliphatic carbocycles. The van der Waals surface area contributed by atoms with Gasteiger partial charge in [-0.3, -0.25) is 14.3 Å². The summed E-state index contributed by atoms with van der Waals surface area (Å²) in [6.45, 7) is 0. The van der Waals surface area contributed by atoms with Gasteiger partial charge in [0.2, 0.25) is 0 Å². The highest BCUT2D eigenvalue weighted by atomic mass is 35.5. The van der Waals surface area contributed by atoms with Gasteiger partial charge >= 0.3 is 0 Å². The number of carbonyl (C=O) groups is 1. The van der Waals surface area contributed by atoms with Crippen LogP contribution in [0.4, 0.5) is 0 Å². The van der Waals surface area contributed by atoms with Crippen molar-refractivity contribution in [1.29, 1.82) is 0 Å². The minimum Gasteiger partial charge on any atom is -0.497 e. The fraction of sp³-hybridized carbons (Fsp3) is 0.0909. The summed E-state index contributed by atoms with van der Waals surface area (Å²) in [5, 5.41) is 9.75. The summed E-state index contributed by atoms with van der Waals surface area (Å²) in [6, 6.07) is 18.4. The number of ketones is 1. The highest BCUT2D eigenvalue weighted by Gasteiger charge is 2.18. The molecule has 2 aromatic carbocycles. The lowest BCUT2D eigenvalue weighted by molar-refractivity contribution is 0.102. The van der Waals surface area contributed by atoms with Gasteiger partial charge in [0.25, 0.3) is 0 Å². The maximum absolute atomic E-state index is 12.7. The van der Waals surface area contributed by atoms with E-state index >= 15 is 0 Å². The first kappa shape index (κ1) is 20.1. The fourth-order valence-electron chi connectivity index (χ4n) is 2.91. The molecule has 4 rings (SSSR count). The summed E-state index contributed by atoms with van der Waals surface area (Å²) < 4.78 is 7.18. The number of benzene rings is 2. The number of hydrogen-bond acceptors (Lipinski definition) is 6. The van der Waals surface area contributed by atoms with E-state index in [4.69, 9.17) is 16.3 Å². The average molecular weight is 437 g/mol. The van der Waals surface area contributed by atoms with Crippen LogP contribution in [0.5, 0.6) is 5.75 Å². The number of ether oxygens (including phenoxy) is 1. The molecule has 6 nitrogen and oxygen atoms in total. The Labute approximate surface area is 182 Å². The van der Waals surface area contributed by atoms with E-state index in [1.54, 1.807) is 43.8 Å². The molecule has 2 aromatic heterocycles.